The highest BCUT2D eigenvalue weighted by molar-refractivity contribution is 5.98. The van der Waals surface area contributed by atoms with E-state index >= 15 is 0 Å². The molecule has 1 aromatic carbocycles. The van der Waals surface area contributed by atoms with Crippen LogP contribution in [-0.4, -0.2) is 18.0 Å². The highest BCUT2D eigenvalue weighted by Gasteiger charge is 2.13. The van der Waals surface area contributed by atoms with E-state index in [4.69, 9.17) is 4.74 Å². The van der Waals surface area contributed by atoms with Gasteiger partial charge >= 0.3 is 0 Å². The monoisotopic (exact) mass is 194 g/mol. The molecule has 76 valence electrons. The maximum Gasteiger partial charge on any atom is 0.163 e. The molecule has 1 rings (SSSR count). The first-order chi connectivity index (χ1) is 6.60. The fourth-order valence-electron chi connectivity index (χ4n) is 1.46. The summed E-state index contributed by atoms with van der Waals surface area (Å²) in [7, 11) is 1.53. The second-order valence-electron chi connectivity index (χ2n) is 3.09. The molecule has 0 bridgehead atoms. The molecular formula is C11H14O3. The lowest BCUT2D eigenvalue weighted by molar-refractivity contribution is 0.101. The fraction of sp³-hybridized carbons (Fsp3) is 0.364. The number of aromatic hydroxyl groups is 1. The number of aryl methyl sites for hydroxylation is 1. The van der Waals surface area contributed by atoms with Crippen LogP contribution in [-0.2, 0) is 6.42 Å². The molecule has 0 aliphatic carbocycles. The minimum Gasteiger partial charge on any atom is -0.507 e. The van der Waals surface area contributed by atoms with Gasteiger partial charge in [-0.05, 0) is 25.0 Å². The highest BCUT2D eigenvalue weighted by atomic mass is 16.5. The zero-order chi connectivity index (χ0) is 10.7. The number of carbonyl (C=O) groups is 1. The third-order valence-electron chi connectivity index (χ3n) is 2.14. The first-order valence-electron chi connectivity index (χ1n) is 4.51. The summed E-state index contributed by atoms with van der Waals surface area (Å²) in [6, 6.07) is 3.23. The average Bonchev–Trinajstić information content (AvgIpc) is 2.15. The normalized spacial score (nSPS) is 9.93. The molecule has 1 aromatic rings. The minimum atomic E-state index is -0.123. The van der Waals surface area contributed by atoms with Crippen molar-refractivity contribution in [3.63, 3.8) is 0 Å². The number of rotatable bonds is 3. The van der Waals surface area contributed by atoms with Gasteiger partial charge in [-0.2, -0.15) is 0 Å². The summed E-state index contributed by atoms with van der Waals surface area (Å²) in [4.78, 5) is 11.2. The maximum absolute atomic E-state index is 11.2. The average molecular weight is 194 g/mol. The molecule has 0 spiro atoms. The third kappa shape index (κ3) is 1.87. The van der Waals surface area contributed by atoms with Crippen molar-refractivity contribution >= 4 is 5.78 Å². The van der Waals surface area contributed by atoms with Gasteiger partial charge in [0, 0.05) is 6.07 Å². The van der Waals surface area contributed by atoms with E-state index in [0.717, 1.165) is 5.56 Å². The zero-order valence-corrected chi connectivity index (χ0v) is 8.63. The molecule has 0 amide bonds. The molecule has 0 heterocycles. The van der Waals surface area contributed by atoms with E-state index in [1.54, 1.807) is 6.07 Å². The molecule has 0 fully saturated rings. The third-order valence-corrected chi connectivity index (χ3v) is 2.14. The Bertz CT molecular complexity index is 356. The van der Waals surface area contributed by atoms with Gasteiger partial charge < -0.3 is 9.84 Å². The van der Waals surface area contributed by atoms with Gasteiger partial charge in [-0.1, -0.05) is 6.92 Å². The van der Waals surface area contributed by atoms with E-state index in [-0.39, 0.29) is 11.5 Å². The van der Waals surface area contributed by atoms with Gasteiger partial charge in [0.1, 0.15) is 11.5 Å². The Kier molecular flexibility index (Phi) is 3.12. The number of benzene rings is 1. The highest BCUT2D eigenvalue weighted by Crippen LogP contribution is 2.28. The number of methoxy groups -OCH3 is 1. The number of hydrogen-bond acceptors (Lipinski definition) is 3. The number of ketones is 1. The van der Waals surface area contributed by atoms with Gasteiger partial charge in [-0.25, -0.2) is 0 Å². The Morgan fingerprint density at radius 1 is 1.50 bits per heavy atom. The molecule has 1 N–H and O–H groups in total. The lowest BCUT2D eigenvalue weighted by Crippen LogP contribution is -2.00. The van der Waals surface area contributed by atoms with Crippen molar-refractivity contribution in [2.45, 2.75) is 20.3 Å². The molecule has 0 radical (unpaired) electrons. The zero-order valence-electron chi connectivity index (χ0n) is 8.63. The van der Waals surface area contributed by atoms with E-state index in [1.165, 1.54) is 20.1 Å². The molecule has 0 saturated carbocycles. The molecule has 3 heteroatoms. The van der Waals surface area contributed by atoms with Crippen LogP contribution >= 0.6 is 0 Å². The summed E-state index contributed by atoms with van der Waals surface area (Å²) in [5.74, 6) is 0.444. The first-order valence-corrected chi connectivity index (χ1v) is 4.51. The molecular weight excluding hydrogens is 180 g/mol. The number of hydrogen-bond donors (Lipinski definition) is 1. The van der Waals surface area contributed by atoms with Gasteiger partial charge in [0.2, 0.25) is 0 Å². The van der Waals surface area contributed by atoms with Crippen molar-refractivity contribution in [1.29, 1.82) is 0 Å². The van der Waals surface area contributed by atoms with Gasteiger partial charge in [0.05, 0.1) is 12.7 Å². The lowest BCUT2D eigenvalue weighted by atomic mass is 10.0. The van der Waals surface area contributed by atoms with E-state index in [9.17, 15) is 9.90 Å². The maximum atomic E-state index is 11.2. The summed E-state index contributed by atoms with van der Waals surface area (Å²) in [6.45, 7) is 3.38. The van der Waals surface area contributed by atoms with Crippen molar-refractivity contribution in [3.05, 3.63) is 23.3 Å². The molecule has 0 saturated heterocycles. The van der Waals surface area contributed by atoms with E-state index in [2.05, 4.69) is 0 Å². The molecule has 0 aromatic heterocycles. The van der Waals surface area contributed by atoms with Crippen LogP contribution in [0.2, 0.25) is 0 Å². The van der Waals surface area contributed by atoms with Gasteiger partial charge in [-0.15, -0.1) is 0 Å². The van der Waals surface area contributed by atoms with Crippen LogP contribution in [0.5, 0.6) is 11.5 Å². The molecule has 0 aliphatic rings. The van der Waals surface area contributed by atoms with Gasteiger partial charge in [-0.3, -0.25) is 4.79 Å². The van der Waals surface area contributed by atoms with E-state index < -0.39 is 0 Å². The largest absolute Gasteiger partial charge is 0.507 e. The number of Topliss-reactive ketones (excluding diaryl/α,β-unsaturated/α-hetero) is 1. The first kappa shape index (κ1) is 10.6. The van der Waals surface area contributed by atoms with Crippen LogP contribution in [0.4, 0.5) is 0 Å². The summed E-state index contributed by atoms with van der Waals surface area (Å²) >= 11 is 0. The second-order valence-corrected chi connectivity index (χ2v) is 3.09. The van der Waals surface area contributed by atoms with E-state index in [0.29, 0.717) is 17.7 Å². The number of phenolic OH excluding ortho intramolecular Hbond substituents is 1. The minimum absolute atomic E-state index is 0.00583. The van der Waals surface area contributed by atoms with Gasteiger partial charge in [0.15, 0.2) is 5.78 Å². The molecule has 3 nitrogen and oxygen atoms in total. The summed E-state index contributed by atoms with van der Waals surface area (Å²) in [5, 5.41) is 9.60. The SMILES string of the molecule is CCc1cc(OC)cc(O)c1C(C)=O. The van der Waals surface area contributed by atoms with Crippen LogP contribution in [0.15, 0.2) is 12.1 Å². The Labute approximate surface area is 83.3 Å². The Morgan fingerprint density at radius 2 is 2.14 bits per heavy atom. The van der Waals surface area contributed by atoms with Gasteiger partial charge in [0.25, 0.3) is 0 Å². The van der Waals surface area contributed by atoms with Crippen molar-refractivity contribution in [3.8, 4) is 11.5 Å². The molecule has 0 atom stereocenters. The quantitative estimate of drug-likeness (QED) is 0.750. The number of phenols is 1. The Morgan fingerprint density at radius 3 is 2.57 bits per heavy atom. The predicted octanol–water partition coefficient (Wildman–Crippen LogP) is 2.17. The van der Waals surface area contributed by atoms with Crippen LogP contribution < -0.4 is 4.74 Å². The predicted molar refractivity (Wildman–Crippen MR) is 54.0 cm³/mol. The van der Waals surface area contributed by atoms with Crippen LogP contribution in [0.3, 0.4) is 0 Å². The summed E-state index contributed by atoms with van der Waals surface area (Å²) in [5.41, 5.74) is 1.21. The second kappa shape index (κ2) is 4.13. The van der Waals surface area contributed by atoms with Crippen molar-refractivity contribution in [1.82, 2.24) is 0 Å². The van der Waals surface area contributed by atoms with E-state index in [1.807, 2.05) is 6.92 Å². The Hall–Kier alpha value is -1.51. The molecule has 0 aliphatic heterocycles. The lowest BCUT2D eigenvalue weighted by Gasteiger charge is -2.09. The number of ether oxygens (including phenoxy) is 1. The number of carbonyl (C=O) groups excluding carboxylic acids is 1. The molecule has 0 unspecified atom stereocenters. The van der Waals surface area contributed by atoms with Crippen LogP contribution in [0.1, 0.15) is 29.8 Å². The van der Waals surface area contributed by atoms with Crippen molar-refractivity contribution in [2.24, 2.45) is 0 Å². The van der Waals surface area contributed by atoms with Crippen molar-refractivity contribution in [2.75, 3.05) is 7.11 Å². The smallest absolute Gasteiger partial charge is 0.163 e. The van der Waals surface area contributed by atoms with Crippen LogP contribution in [0, 0.1) is 0 Å². The summed E-state index contributed by atoms with van der Waals surface area (Å²) in [6.07, 6.45) is 0.694. The topological polar surface area (TPSA) is 46.5 Å². The standard InChI is InChI=1S/C11H14O3/c1-4-8-5-9(14-3)6-10(13)11(8)7(2)12/h5-6,13H,4H2,1-3H3. The molecule has 14 heavy (non-hydrogen) atoms. The van der Waals surface area contributed by atoms with Crippen LogP contribution in [0.25, 0.3) is 0 Å². The fourth-order valence-corrected chi connectivity index (χ4v) is 1.46. The van der Waals surface area contributed by atoms with Crippen molar-refractivity contribution < 1.29 is 14.6 Å². The summed E-state index contributed by atoms with van der Waals surface area (Å²) < 4.78 is 5.00. The Balaban J connectivity index is 3.34.